The molecule has 0 radical (unpaired) electrons. The van der Waals surface area contributed by atoms with Crippen LogP contribution in [0.15, 0.2) is 24.3 Å². The summed E-state index contributed by atoms with van der Waals surface area (Å²) in [5.41, 5.74) is 1.11. The van der Waals surface area contributed by atoms with Gasteiger partial charge in [0.2, 0.25) is 5.91 Å². The van der Waals surface area contributed by atoms with Crippen LogP contribution >= 0.6 is 0 Å². The Morgan fingerprint density at radius 2 is 2.19 bits per heavy atom. The van der Waals surface area contributed by atoms with Gasteiger partial charge in [0.15, 0.2) is 0 Å². The highest BCUT2D eigenvalue weighted by Crippen LogP contribution is 2.19. The van der Waals surface area contributed by atoms with E-state index >= 15 is 0 Å². The lowest BCUT2D eigenvalue weighted by atomic mass is 9.96. The maximum absolute atomic E-state index is 12.1. The molecule has 2 atom stereocenters. The van der Waals surface area contributed by atoms with Gasteiger partial charge in [-0.15, -0.1) is 0 Å². The number of piperidine rings is 1. The largest absolute Gasteiger partial charge is 0.493 e. The zero-order chi connectivity index (χ0) is 15.2. The van der Waals surface area contributed by atoms with Crippen molar-refractivity contribution in [2.75, 3.05) is 19.7 Å². The number of hydrogen-bond donors (Lipinski definition) is 1. The monoisotopic (exact) mass is 291 g/mol. The molecule has 0 saturated carbocycles. The molecule has 2 rings (SSSR count). The van der Waals surface area contributed by atoms with Crippen molar-refractivity contribution in [2.45, 2.75) is 39.2 Å². The minimum atomic E-state index is -0.383. The summed E-state index contributed by atoms with van der Waals surface area (Å²) in [4.78, 5) is 13.9. The number of amides is 1. The van der Waals surface area contributed by atoms with Gasteiger partial charge in [-0.2, -0.15) is 0 Å². The van der Waals surface area contributed by atoms with E-state index in [0.29, 0.717) is 31.9 Å². The molecular formula is C17H25NO3. The van der Waals surface area contributed by atoms with Crippen LogP contribution in [0.5, 0.6) is 5.75 Å². The van der Waals surface area contributed by atoms with Crippen LogP contribution in [0.4, 0.5) is 0 Å². The van der Waals surface area contributed by atoms with Gasteiger partial charge in [-0.3, -0.25) is 4.79 Å². The first kappa shape index (κ1) is 15.8. The maximum atomic E-state index is 12.1. The molecule has 116 valence electrons. The number of β-amino-alcohol motifs (C(OH)–C–C–N with tert-alkyl or cyclic N) is 1. The predicted octanol–water partition coefficient (Wildman–Crippen LogP) is 2.38. The molecule has 1 aromatic carbocycles. The third-order valence-electron chi connectivity index (χ3n) is 4.16. The van der Waals surface area contributed by atoms with Gasteiger partial charge < -0.3 is 14.7 Å². The number of ether oxygens (including phenoxy) is 1. The molecule has 2 unspecified atom stereocenters. The van der Waals surface area contributed by atoms with Crippen molar-refractivity contribution in [3.05, 3.63) is 29.8 Å². The minimum Gasteiger partial charge on any atom is -0.493 e. The highest BCUT2D eigenvalue weighted by atomic mass is 16.5. The Labute approximate surface area is 126 Å². The molecule has 1 N–H and O–H groups in total. The van der Waals surface area contributed by atoms with Crippen molar-refractivity contribution in [2.24, 2.45) is 5.92 Å². The fraction of sp³-hybridized carbons (Fsp3) is 0.588. The lowest BCUT2D eigenvalue weighted by Gasteiger charge is -2.34. The zero-order valence-corrected chi connectivity index (χ0v) is 12.9. The number of likely N-dealkylation sites (tertiary alicyclic amines) is 1. The molecule has 0 aromatic heterocycles. The first-order chi connectivity index (χ1) is 10.1. The van der Waals surface area contributed by atoms with Gasteiger partial charge in [0, 0.05) is 19.5 Å². The third kappa shape index (κ3) is 4.46. The summed E-state index contributed by atoms with van der Waals surface area (Å²) in [6.07, 6.45) is 1.68. The number of nitrogens with zero attached hydrogens (tertiary/aromatic N) is 1. The second-order valence-electron chi connectivity index (χ2n) is 5.89. The lowest BCUT2D eigenvalue weighted by Crippen LogP contribution is -2.45. The number of benzene rings is 1. The van der Waals surface area contributed by atoms with Crippen molar-refractivity contribution in [1.82, 2.24) is 4.90 Å². The molecule has 1 heterocycles. The number of aliphatic hydroxyl groups excluding tert-OH is 1. The number of aryl methyl sites for hydroxylation is 1. The van der Waals surface area contributed by atoms with Crippen LogP contribution in [0.2, 0.25) is 0 Å². The molecule has 4 nitrogen and oxygen atoms in total. The van der Waals surface area contributed by atoms with E-state index in [1.807, 2.05) is 38.1 Å². The average molecular weight is 291 g/mol. The molecule has 1 aliphatic heterocycles. The molecular weight excluding hydrogens is 266 g/mol. The Bertz CT molecular complexity index is 475. The summed E-state index contributed by atoms with van der Waals surface area (Å²) < 4.78 is 5.69. The number of para-hydroxylation sites is 1. The van der Waals surface area contributed by atoms with Crippen molar-refractivity contribution in [1.29, 1.82) is 0 Å². The number of carbonyl (C=O) groups is 1. The van der Waals surface area contributed by atoms with Crippen LogP contribution in [-0.4, -0.2) is 41.7 Å². The van der Waals surface area contributed by atoms with Crippen molar-refractivity contribution in [3.8, 4) is 5.75 Å². The van der Waals surface area contributed by atoms with E-state index in [1.54, 1.807) is 4.90 Å². The first-order valence-electron chi connectivity index (χ1n) is 7.72. The average Bonchev–Trinajstić information content (AvgIpc) is 2.48. The van der Waals surface area contributed by atoms with Crippen LogP contribution in [-0.2, 0) is 4.79 Å². The molecule has 1 saturated heterocycles. The molecule has 1 aromatic rings. The van der Waals surface area contributed by atoms with Crippen molar-refractivity contribution in [3.63, 3.8) is 0 Å². The fourth-order valence-electron chi connectivity index (χ4n) is 2.56. The second kappa shape index (κ2) is 7.46. The van der Waals surface area contributed by atoms with Crippen LogP contribution in [0.25, 0.3) is 0 Å². The van der Waals surface area contributed by atoms with E-state index in [9.17, 15) is 9.90 Å². The Morgan fingerprint density at radius 3 is 2.90 bits per heavy atom. The van der Waals surface area contributed by atoms with E-state index < -0.39 is 0 Å². The molecule has 4 heteroatoms. The summed E-state index contributed by atoms with van der Waals surface area (Å²) in [6.45, 7) is 5.82. The fourth-order valence-corrected chi connectivity index (χ4v) is 2.56. The van der Waals surface area contributed by atoms with Gasteiger partial charge in [0.05, 0.1) is 12.7 Å². The van der Waals surface area contributed by atoms with Crippen LogP contribution in [0, 0.1) is 12.8 Å². The quantitative estimate of drug-likeness (QED) is 0.847. The summed E-state index contributed by atoms with van der Waals surface area (Å²) in [6, 6.07) is 7.88. The van der Waals surface area contributed by atoms with Crippen molar-refractivity contribution >= 4 is 5.91 Å². The highest BCUT2D eigenvalue weighted by Gasteiger charge is 2.26. The van der Waals surface area contributed by atoms with Gasteiger partial charge in [0.25, 0.3) is 0 Å². The van der Waals surface area contributed by atoms with E-state index in [4.69, 9.17) is 4.74 Å². The van der Waals surface area contributed by atoms with Gasteiger partial charge in [-0.1, -0.05) is 25.1 Å². The molecule has 1 fully saturated rings. The van der Waals surface area contributed by atoms with Gasteiger partial charge >= 0.3 is 0 Å². The van der Waals surface area contributed by atoms with Crippen LogP contribution in [0.1, 0.15) is 31.7 Å². The Balaban J connectivity index is 1.69. The molecule has 0 spiro atoms. The normalized spacial score (nSPS) is 22.1. The molecule has 0 aliphatic carbocycles. The van der Waals surface area contributed by atoms with Gasteiger partial charge in [-0.05, 0) is 37.3 Å². The minimum absolute atomic E-state index is 0.120. The van der Waals surface area contributed by atoms with E-state index in [0.717, 1.165) is 24.3 Å². The number of carbonyl (C=O) groups excluding carboxylic acids is 1. The molecule has 0 bridgehead atoms. The zero-order valence-electron chi connectivity index (χ0n) is 12.9. The van der Waals surface area contributed by atoms with Crippen LogP contribution < -0.4 is 4.74 Å². The molecule has 21 heavy (non-hydrogen) atoms. The predicted molar refractivity (Wildman–Crippen MR) is 82.3 cm³/mol. The van der Waals surface area contributed by atoms with E-state index in [1.165, 1.54) is 0 Å². The summed E-state index contributed by atoms with van der Waals surface area (Å²) >= 11 is 0. The maximum Gasteiger partial charge on any atom is 0.222 e. The third-order valence-corrected chi connectivity index (χ3v) is 4.16. The van der Waals surface area contributed by atoms with Crippen molar-refractivity contribution < 1.29 is 14.6 Å². The summed E-state index contributed by atoms with van der Waals surface area (Å²) in [5, 5.41) is 9.83. The number of aliphatic hydroxyl groups is 1. The topological polar surface area (TPSA) is 49.8 Å². The highest BCUT2D eigenvalue weighted by molar-refractivity contribution is 5.76. The Hall–Kier alpha value is -1.55. The first-order valence-corrected chi connectivity index (χ1v) is 7.72. The SMILES string of the molecule is Cc1ccccc1OCCCC(=O)N1CCC(C)C(O)C1. The van der Waals surface area contributed by atoms with Gasteiger partial charge in [0.1, 0.15) is 5.75 Å². The standard InChI is InChI=1S/C17H25NO3/c1-13-9-10-18(12-15(13)19)17(20)8-5-11-21-16-7-4-3-6-14(16)2/h3-4,6-7,13,15,19H,5,8-12H2,1-2H3. The van der Waals surface area contributed by atoms with E-state index in [-0.39, 0.29) is 12.0 Å². The van der Waals surface area contributed by atoms with E-state index in [2.05, 4.69) is 0 Å². The Kier molecular flexibility index (Phi) is 5.62. The number of rotatable bonds is 5. The lowest BCUT2D eigenvalue weighted by molar-refractivity contribution is -0.135. The van der Waals surface area contributed by atoms with Crippen LogP contribution in [0.3, 0.4) is 0 Å². The number of hydrogen-bond acceptors (Lipinski definition) is 3. The second-order valence-corrected chi connectivity index (χ2v) is 5.89. The van der Waals surface area contributed by atoms with Gasteiger partial charge in [-0.25, -0.2) is 0 Å². The Morgan fingerprint density at radius 1 is 1.43 bits per heavy atom. The smallest absolute Gasteiger partial charge is 0.222 e. The molecule has 1 aliphatic rings. The summed E-state index contributed by atoms with van der Waals surface area (Å²) in [5.74, 6) is 1.29. The summed E-state index contributed by atoms with van der Waals surface area (Å²) in [7, 11) is 0. The molecule has 1 amide bonds.